The first-order chi connectivity index (χ1) is 15.6. The Morgan fingerprint density at radius 3 is 2.61 bits per heavy atom. The number of fused-ring (bicyclic) bond motifs is 2. The van der Waals surface area contributed by atoms with E-state index in [9.17, 15) is 39.3 Å². The van der Waals surface area contributed by atoms with Crippen LogP contribution in [0, 0.1) is 0 Å². The number of carbonyl (C=O) groups excluding carboxylic acids is 5. The van der Waals surface area contributed by atoms with E-state index in [1.807, 2.05) is 0 Å². The molecule has 14 nitrogen and oxygen atoms in total. The van der Waals surface area contributed by atoms with Crippen LogP contribution in [0.1, 0.15) is 10.4 Å². The van der Waals surface area contributed by atoms with Crippen LogP contribution in [-0.4, -0.2) is 106 Å². The van der Waals surface area contributed by atoms with Crippen molar-refractivity contribution >= 4 is 35.3 Å². The minimum atomic E-state index is -2.52. The number of aliphatic hydroxyl groups is 3. The molecule has 3 aliphatic rings. The number of likely N-dealkylation sites (N-methyl/N-ethyl adjacent to an activating group) is 1. The number of benzene rings is 1. The van der Waals surface area contributed by atoms with Crippen LogP contribution >= 0.6 is 0 Å². The predicted molar refractivity (Wildman–Crippen MR) is 104 cm³/mol. The van der Waals surface area contributed by atoms with E-state index >= 15 is 0 Å². The van der Waals surface area contributed by atoms with E-state index in [0.717, 1.165) is 9.80 Å². The maximum atomic E-state index is 12.8. The first-order valence-electron chi connectivity index (χ1n) is 9.73. The van der Waals surface area contributed by atoms with Gasteiger partial charge in [0.2, 0.25) is 11.6 Å². The fourth-order valence-corrected chi connectivity index (χ4v) is 3.89. The Morgan fingerprint density at radius 2 is 1.94 bits per heavy atom. The molecule has 3 heterocycles. The normalized spacial score (nSPS) is 28.5. The average molecular weight is 464 g/mol. The summed E-state index contributed by atoms with van der Waals surface area (Å²) >= 11 is 0. The number of aliphatic hydroxyl groups excluding tert-OH is 2. The zero-order valence-electron chi connectivity index (χ0n) is 17.2. The van der Waals surface area contributed by atoms with Crippen molar-refractivity contribution in [1.82, 2.24) is 15.1 Å². The van der Waals surface area contributed by atoms with Crippen molar-refractivity contribution in [3.63, 3.8) is 0 Å². The number of hydrogen-bond donors (Lipinski definition) is 5. The van der Waals surface area contributed by atoms with Crippen molar-refractivity contribution in [3.05, 3.63) is 23.8 Å². The van der Waals surface area contributed by atoms with Crippen LogP contribution in [0.4, 0.5) is 5.69 Å². The molecular formula is C19H20N4O10. The molecule has 4 rings (SSSR count). The number of anilines is 1. The highest BCUT2D eigenvalue weighted by molar-refractivity contribution is 6.08. The molecule has 0 spiro atoms. The van der Waals surface area contributed by atoms with E-state index in [4.69, 9.17) is 9.47 Å². The minimum absolute atomic E-state index is 0.103. The third-order valence-electron chi connectivity index (χ3n) is 5.84. The third-order valence-corrected chi connectivity index (χ3v) is 5.84. The van der Waals surface area contributed by atoms with Gasteiger partial charge in [-0.15, -0.1) is 0 Å². The molecule has 5 N–H and O–H groups in total. The standard InChI is InChI=1S/C19H20N4O10/c1-22-12(26)5-23-14(27)10(20-16(29)18(22,23)7-24)6-32-15(28)9-3-2-4-11-13(9)21-17(30)19(31,8-25)33-11/h2-4,10,24-25,31H,5-8H2,1H3,(H,20,29)(H,21,30)/t10-,18+,19?/m0/s1. The zero-order chi connectivity index (χ0) is 24.1. The molecule has 3 atom stereocenters. The van der Waals surface area contributed by atoms with E-state index in [-0.39, 0.29) is 17.0 Å². The summed E-state index contributed by atoms with van der Waals surface area (Å²) in [5.41, 5.74) is -2.15. The first kappa shape index (κ1) is 22.4. The number of para-hydroxylation sites is 1. The van der Waals surface area contributed by atoms with Crippen molar-refractivity contribution in [2.24, 2.45) is 0 Å². The fraction of sp³-hybridized carbons (Fsp3) is 0.421. The number of nitrogens with one attached hydrogen (secondary N) is 2. The van der Waals surface area contributed by atoms with Crippen LogP contribution in [0.25, 0.3) is 0 Å². The molecule has 2 fully saturated rings. The second-order valence-electron chi connectivity index (χ2n) is 7.65. The summed E-state index contributed by atoms with van der Waals surface area (Å²) in [6.07, 6.45) is 0. The largest absolute Gasteiger partial charge is 0.459 e. The van der Waals surface area contributed by atoms with E-state index in [2.05, 4.69) is 10.6 Å². The summed E-state index contributed by atoms with van der Waals surface area (Å²) in [4.78, 5) is 64.2. The lowest BCUT2D eigenvalue weighted by Crippen LogP contribution is -2.74. The van der Waals surface area contributed by atoms with Gasteiger partial charge in [0.05, 0.1) is 17.9 Å². The van der Waals surface area contributed by atoms with Gasteiger partial charge < -0.3 is 40.3 Å². The van der Waals surface area contributed by atoms with Crippen molar-refractivity contribution < 1.29 is 48.8 Å². The van der Waals surface area contributed by atoms with Gasteiger partial charge in [-0.05, 0) is 12.1 Å². The summed E-state index contributed by atoms with van der Waals surface area (Å²) in [5, 5.41) is 33.6. The SMILES string of the molecule is CN1C(=O)CN2C(=O)[C@H](COC(=O)c3cccc4c3NC(=O)C(O)(CO)O4)NC(=O)[C@]12CO. The van der Waals surface area contributed by atoms with Gasteiger partial charge in [-0.2, -0.15) is 0 Å². The van der Waals surface area contributed by atoms with Crippen LogP contribution in [0.5, 0.6) is 5.75 Å². The summed E-state index contributed by atoms with van der Waals surface area (Å²) in [7, 11) is 1.29. The Balaban J connectivity index is 1.51. The van der Waals surface area contributed by atoms with Gasteiger partial charge in [0, 0.05) is 7.05 Å². The van der Waals surface area contributed by atoms with Gasteiger partial charge in [0.1, 0.15) is 31.5 Å². The maximum Gasteiger partial charge on any atom is 0.340 e. The lowest BCUT2D eigenvalue weighted by atomic mass is 10.0. The van der Waals surface area contributed by atoms with E-state index < -0.39 is 73.5 Å². The summed E-state index contributed by atoms with van der Waals surface area (Å²) in [6, 6.07) is 2.69. The minimum Gasteiger partial charge on any atom is -0.459 e. The van der Waals surface area contributed by atoms with Crippen molar-refractivity contribution in [3.8, 4) is 5.75 Å². The fourth-order valence-electron chi connectivity index (χ4n) is 3.89. The lowest BCUT2D eigenvalue weighted by Gasteiger charge is -2.44. The molecule has 14 heteroatoms. The topological polar surface area (TPSA) is 195 Å². The van der Waals surface area contributed by atoms with Gasteiger partial charge in [-0.1, -0.05) is 6.07 Å². The van der Waals surface area contributed by atoms with Crippen molar-refractivity contribution in [2.45, 2.75) is 17.5 Å². The van der Waals surface area contributed by atoms with Gasteiger partial charge in [0.15, 0.2) is 0 Å². The maximum absolute atomic E-state index is 12.8. The number of nitrogens with zero attached hydrogens (tertiary/aromatic N) is 2. The molecule has 1 aromatic rings. The highest BCUT2D eigenvalue weighted by atomic mass is 16.6. The molecule has 4 amide bonds. The molecule has 2 saturated heterocycles. The van der Waals surface area contributed by atoms with E-state index in [1.54, 1.807) is 0 Å². The van der Waals surface area contributed by atoms with Crippen LogP contribution < -0.4 is 15.4 Å². The Bertz CT molecular complexity index is 1080. The number of rotatable bonds is 5. The summed E-state index contributed by atoms with van der Waals surface area (Å²) < 4.78 is 10.2. The van der Waals surface area contributed by atoms with Crippen LogP contribution in [0.15, 0.2) is 18.2 Å². The molecule has 0 bridgehead atoms. The highest BCUT2D eigenvalue weighted by Crippen LogP contribution is 2.36. The number of esters is 1. The van der Waals surface area contributed by atoms with Crippen LogP contribution in [0.2, 0.25) is 0 Å². The predicted octanol–water partition coefficient (Wildman–Crippen LogP) is -3.66. The molecule has 0 aliphatic carbocycles. The Kier molecular flexibility index (Phi) is 5.23. The molecule has 33 heavy (non-hydrogen) atoms. The number of piperazine rings is 1. The third kappa shape index (κ3) is 3.18. The Hall–Kier alpha value is -3.75. The molecule has 0 aromatic heterocycles. The van der Waals surface area contributed by atoms with Crippen LogP contribution in [-0.2, 0) is 23.9 Å². The molecule has 1 aromatic carbocycles. The molecular weight excluding hydrogens is 444 g/mol. The number of amides is 4. The second-order valence-corrected chi connectivity index (χ2v) is 7.65. The number of ether oxygens (including phenoxy) is 2. The molecule has 176 valence electrons. The lowest BCUT2D eigenvalue weighted by molar-refractivity contribution is -0.183. The van der Waals surface area contributed by atoms with Gasteiger partial charge in [-0.3, -0.25) is 24.1 Å². The van der Waals surface area contributed by atoms with Crippen LogP contribution in [0.3, 0.4) is 0 Å². The smallest absolute Gasteiger partial charge is 0.340 e. The average Bonchev–Trinajstić information content (AvgIpc) is 3.07. The van der Waals surface area contributed by atoms with Gasteiger partial charge >= 0.3 is 11.8 Å². The van der Waals surface area contributed by atoms with E-state index in [1.165, 1.54) is 25.2 Å². The molecule has 3 aliphatic heterocycles. The monoisotopic (exact) mass is 464 g/mol. The zero-order valence-corrected chi connectivity index (χ0v) is 17.2. The Morgan fingerprint density at radius 1 is 1.21 bits per heavy atom. The summed E-state index contributed by atoms with van der Waals surface area (Å²) in [5.74, 6) is -6.78. The van der Waals surface area contributed by atoms with Crippen molar-refractivity contribution in [1.29, 1.82) is 0 Å². The molecule has 0 radical (unpaired) electrons. The quantitative estimate of drug-likeness (QED) is 0.271. The number of hydrogen-bond acceptors (Lipinski definition) is 10. The Labute approximate surface area is 185 Å². The number of carbonyl (C=O) groups is 5. The molecule has 1 unspecified atom stereocenters. The van der Waals surface area contributed by atoms with Crippen molar-refractivity contribution in [2.75, 3.05) is 38.7 Å². The van der Waals surface area contributed by atoms with Gasteiger partial charge in [0.25, 0.3) is 17.7 Å². The van der Waals surface area contributed by atoms with E-state index in [0.29, 0.717) is 0 Å². The summed E-state index contributed by atoms with van der Waals surface area (Å²) in [6.45, 7) is -2.86. The first-order valence-corrected chi connectivity index (χ1v) is 9.73. The molecule has 0 saturated carbocycles. The second kappa shape index (κ2) is 7.68. The highest BCUT2D eigenvalue weighted by Gasteiger charge is 2.61. The van der Waals surface area contributed by atoms with Gasteiger partial charge in [-0.25, -0.2) is 4.79 Å².